The van der Waals surface area contributed by atoms with Crippen LogP contribution in [-0.4, -0.2) is 38.0 Å². The number of anilines is 1. The highest BCUT2D eigenvalue weighted by atomic mass is 35.5. The lowest BCUT2D eigenvalue weighted by Gasteiger charge is -2.35. The lowest BCUT2D eigenvalue weighted by molar-refractivity contribution is 0.408. The molecule has 1 atom stereocenters. The first kappa shape index (κ1) is 20.5. The number of nitrogens with two attached hydrogens (primary N) is 1. The smallest absolute Gasteiger partial charge is 0.274 e. The number of aryl methyl sites for hydroxylation is 1. The minimum Gasteiger partial charge on any atom is -0.356 e. The zero-order chi connectivity index (χ0) is 20.4. The third-order valence-corrected chi connectivity index (χ3v) is 6.44. The summed E-state index contributed by atoms with van der Waals surface area (Å²) < 4.78 is 25.0. The number of hydrogen-bond donors (Lipinski definition) is 2. The maximum Gasteiger partial charge on any atom is 0.274 e. The molecule has 1 aliphatic heterocycles. The Morgan fingerprint density at radius 2 is 2.03 bits per heavy atom. The number of hydrogen-bond acceptors (Lipinski definition) is 5. The molecule has 1 aliphatic carbocycles. The van der Waals surface area contributed by atoms with Crippen LogP contribution in [0.15, 0.2) is 24.3 Å². The van der Waals surface area contributed by atoms with Crippen LogP contribution in [0.25, 0.3) is 11.4 Å². The lowest BCUT2D eigenvalue weighted by atomic mass is 9.93. The van der Waals surface area contributed by atoms with Crippen LogP contribution in [0.3, 0.4) is 0 Å². The third-order valence-electron chi connectivity index (χ3n) is 5.64. The number of nitrogens with one attached hydrogen (secondary N) is 1. The first-order chi connectivity index (χ1) is 13.9. The van der Waals surface area contributed by atoms with Crippen molar-refractivity contribution in [1.82, 2.24) is 14.7 Å². The predicted octanol–water partition coefficient (Wildman–Crippen LogP) is 2.69. The van der Waals surface area contributed by atoms with Gasteiger partial charge in [0.25, 0.3) is 10.2 Å². The number of fused-ring (bicyclic) bond motifs is 1. The van der Waals surface area contributed by atoms with Gasteiger partial charge >= 0.3 is 0 Å². The molecule has 0 saturated carbocycles. The number of benzene rings is 1. The molecule has 3 N–H and O–H groups in total. The lowest BCUT2D eigenvalue weighted by Crippen LogP contribution is -2.43. The average molecular weight is 436 g/mol. The zero-order valence-electron chi connectivity index (χ0n) is 16.3. The molecule has 1 aromatic heterocycles. The van der Waals surface area contributed by atoms with Crippen molar-refractivity contribution in [3.05, 3.63) is 40.5 Å². The highest BCUT2D eigenvalue weighted by molar-refractivity contribution is 7.87. The molecule has 0 bridgehead atoms. The zero-order valence-corrected chi connectivity index (χ0v) is 17.8. The monoisotopic (exact) mass is 435 g/mol. The number of piperidine rings is 1. The van der Waals surface area contributed by atoms with Crippen LogP contribution < -0.4 is 14.8 Å². The van der Waals surface area contributed by atoms with E-state index in [9.17, 15) is 8.42 Å². The Morgan fingerprint density at radius 1 is 1.21 bits per heavy atom. The first-order valence-electron chi connectivity index (χ1n) is 10.1. The molecule has 7 nitrogen and oxygen atoms in total. The van der Waals surface area contributed by atoms with Gasteiger partial charge in [-0.15, -0.1) is 0 Å². The highest BCUT2D eigenvalue weighted by Gasteiger charge is 2.27. The molecule has 1 fully saturated rings. The Labute approximate surface area is 176 Å². The van der Waals surface area contributed by atoms with Gasteiger partial charge in [-0.2, -0.15) is 8.42 Å². The van der Waals surface area contributed by atoms with Crippen LogP contribution in [0.5, 0.6) is 0 Å². The molecular weight excluding hydrogens is 410 g/mol. The molecule has 0 radical (unpaired) electrons. The van der Waals surface area contributed by atoms with Crippen LogP contribution in [0.2, 0.25) is 5.02 Å². The minimum atomic E-state index is -3.67. The maximum absolute atomic E-state index is 11.3. The Balaban J connectivity index is 1.65. The summed E-state index contributed by atoms with van der Waals surface area (Å²) in [5.74, 6) is 1.89. The van der Waals surface area contributed by atoms with E-state index in [1.165, 1.54) is 5.56 Å². The summed E-state index contributed by atoms with van der Waals surface area (Å²) in [7, 11) is -3.67. The van der Waals surface area contributed by atoms with Gasteiger partial charge in [0.2, 0.25) is 0 Å². The van der Waals surface area contributed by atoms with Gasteiger partial charge in [0, 0.05) is 41.5 Å². The molecule has 1 aromatic carbocycles. The van der Waals surface area contributed by atoms with Crippen LogP contribution in [-0.2, 0) is 23.1 Å². The molecule has 29 heavy (non-hydrogen) atoms. The number of aromatic nitrogens is 2. The fourth-order valence-corrected chi connectivity index (χ4v) is 4.91. The summed E-state index contributed by atoms with van der Waals surface area (Å²) in [6, 6.07) is 7.63. The van der Waals surface area contributed by atoms with E-state index in [4.69, 9.17) is 26.7 Å². The first-order valence-corrected chi connectivity index (χ1v) is 12.0. The minimum absolute atomic E-state index is 0.200. The number of nitrogens with zero attached hydrogens (tertiary/aromatic N) is 3. The molecular formula is C20H26ClN5O2S. The second-order valence-electron chi connectivity index (χ2n) is 7.86. The van der Waals surface area contributed by atoms with E-state index in [-0.39, 0.29) is 5.92 Å². The molecule has 156 valence electrons. The van der Waals surface area contributed by atoms with Gasteiger partial charge in [-0.05, 0) is 56.6 Å². The van der Waals surface area contributed by atoms with Gasteiger partial charge in [0.05, 0.1) is 0 Å². The molecule has 4 rings (SSSR count). The van der Waals surface area contributed by atoms with E-state index in [0.29, 0.717) is 17.4 Å². The Hall–Kier alpha value is -1.74. The molecule has 0 spiro atoms. The summed E-state index contributed by atoms with van der Waals surface area (Å²) in [5.41, 5.74) is 3.28. The highest BCUT2D eigenvalue weighted by Crippen LogP contribution is 2.33. The summed E-state index contributed by atoms with van der Waals surface area (Å²) in [6.07, 6.45) is 6.18. The van der Waals surface area contributed by atoms with Crippen molar-refractivity contribution >= 4 is 27.6 Å². The van der Waals surface area contributed by atoms with Crippen molar-refractivity contribution < 1.29 is 8.42 Å². The quantitative estimate of drug-likeness (QED) is 0.751. The van der Waals surface area contributed by atoms with Crippen LogP contribution in [0.1, 0.15) is 36.9 Å². The van der Waals surface area contributed by atoms with E-state index in [0.717, 1.165) is 68.7 Å². The summed E-state index contributed by atoms with van der Waals surface area (Å²) in [5, 5.41) is 5.77. The van der Waals surface area contributed by atoms with Crippen molar-refractivity contribution in [3.8, 4) is 11.4 Å². The van der Waals surface area contributed by atoms with Crippen molar-refractivity contribution in [2.75, 3.05) is 24.5 Å². The van der Waals surface area contributed by atoms with Crippen LogP contribution in [0, 0.1) is 5.92 Å². The molecule has 1 saturated heterocycles. The van der Waals surface area contributed by atoms with Crippen LogP contribution >= 0.6 is 11.6 Å². The van der Waals surface area contributed by atoms with E-state index in [2.05, 4.69) is 9.62 Å². The average Bonchev–Trinajstić information content (AvgIpc) is 2.71. The summed E-state index contributed by atoms with van der Waals surface area (Å²) in [4.78, 5) is 12.1. The fourth-order valence-electron chi connectivity index (χ4n) is 4.25. The van der Waals surface area contributed by atoms with Gasteiger partial charge in [-0.25, -0.2) is 19.8 Å². The van der Waals surface area contributed by atoms with E-state index < -0.39 is 10.2 Å². The van der Waals surface area contributed by atoms with Gasteiger partial charge in [0.15, 0.2) is 5.82 Å². The van der Waals surface area contributed by atoms with E-state index in [1.807, 2.05) is 24.3 Å². The van der Waals surface area contributed by atoms with Gasteiger partial charge in [0.1, 0.15) is 5.82 Å². The van der Waals surface area contributed by atoms with Gasteiger partial charge in [-0.3, -0.25) is 0 Å². The standard InChI is InChI=1S/C20H26ClN5O2S/c21-16-7-3-6-15(11-16)19-24-18-9-2-1-8-17(18)20(25-19)26-10-4-5-14(13-26)12-23-29(22,27)28/h3,6-7,11,14,23H,1-2,4-5,8-10,12-13H2,(H2,22,27,28). The number of rotatable bonds is 5. The van der Waals surface area contributed by atoms with Gasteiger partial charge < -0.3 is 4.90 Å². The van der Waals surface area contributed by atoms with E-state index in [1.54, 1.807) is 0 Å². The molecule has 2 heterocycles. The topological polar surface area (TPSA) is 101 Å². The van der Waals surface area contributed by atoms with Crippen molar-refractivity contribution in [2.24, 2.45) is 11.1 Å². The Morgan fingerprint density at radius 3 is 2.83 bits per heavy atom. The predicted molar refractivity (Wildman–Crippen MR) is 115 cm³/mol. The number of halogens is 1. The SMILES string of the molecule is NS(=O)(=O)NCC1CCCN(c2nc(-c3cccc(Cl)c3)nc3c2CCCC3)C1. The Kier molecular flexibility index (Phi) is 6.06. The molecule has 0 amide bonds. The van der Waals surface area contributed by atoms with Crippen molar-refractivity contribution in [2.45, 2.75) is 38.5 Å². The summed E-state index contributed by atoms with van der Waals surface area (Å²) in [6.45, 7) is 2.01. The fraction of sp³-hybridized carbons (Fsp3) is 0.500. The second-order valence-corrected chi connectivity index (χ2v) is 9.68. The van der Waals surface area contributed by atoms with Gasteiger partial charge in [-0.1, -0.05) is 23.7 Å². The summed E-state index contributed by atoms with van der Waals surface area (Å²) >= 11 is 6.19. The van der Waals surface area contributed by atoms with E-state index >= 15 is 0 Å². The van der Waals surface area contributed by atoms with Crippen LogP contribution in [0.4, 0.5) is 5.82 Å². The normalized spacial score (nSPS) is 19.8. The molecule has 2 aliphatic rings. The van der Waals surface area contributed by atoms with Crippen molar-refractivity contribution in [3.63, 3.8) is 0 Å². The molecule has 1 unspecified atom stereocenters. The molecule has 9 heteroatoms. The van der Waals surface area contributed by atoms with Crippen molar-refractivity contribution in [1.29, 1.82) is 0 Å². The largest absolute Gasteiger partial charge is 0.356 e. The maximum atomic E-state index is 11.3. The second kappa shape index (κ2) is 8.55. The third kappa shape index (κ3) is 5.06. The molecule has 2 aromatic rings. The Bertz CT molecular complexity index is 998.